The van der Waals surface area contributed by atoms with E-state index in [1.807, 2.05) is 12.1 Å². The number of carbonyl (C=O) groups excluding carboxylic acids is 2. The SMILES string of the molecule is CCSCCOC(=O)c1[nH]c2c(c1C)C(=O)CC(c1cc(OC)c(OC)c(OC)c1)C2. The molecule has 1 aromatic carbocycles. The van der Waals surface area contributed by atoms with Gasteiger partial charge < -0.3 is 23.9 Å². The molecule has 0 radical (unpaired) electrons. The zero-order chi connectivity index (χ0) is 22.5. The molecule has 1 aromatic heterocycles. The van der Waals surface area contributed by atoms with Crippen LogP contribution in [0, 0.1) is 6.92 Å². The fraction of sp³-hybridized carbons (Fsp3) is 0.478. The topological polar surface area (TPSA) is 86.9 Å². The Kier molecular flexibility index (Phi) is 7.54. The molecular formula is C23H29NO6S. The Morgan fingerprint density at radius 3 is 2.39 bits per heavy atom. The molecule has 8 heteroatoms. The first-order valence-electron chi connectivity index (χ1n) is 10.2. The van der Waals surface area contributed by atoms with Gasteiger partial charge in [-0.2, -0.15) is 11.8 Å². The monoisotopic (exact) mass is 447 g/mol. The van der Waals surface area contributed by atoms with Gasteiger partial charge in [0.1, 0.15) is 12.3 Å². The van der Waals surface area contributed by atoms with Crippen LogP contribution < -0.4 is 14.2 Å². The molecule has 168 valence electrons. The summed E-state index contributed by atoms with van der Waals surface area (Å²) < 4.78 is 21.7. The van der Waals surface area contributed by atoms with Crippen molar-refractivity contribution < 1.29 is 28.5 Å². The van der Waals surface area contributed by atoms with Crippen LogP contribution in [0.5, 0.6) is 17.2 Å². The Morgan fingerprint density at radius 1 is 1.13 bits per heavy atom. The van der Waals surface area contributed by atoms with E-state index in [0.29, 0.717) is 53.5 Å². The van der Waals surface area contributed by atoms with E-state index in [4.69, 9.17) is 18.9 Å². The van der Waals surface area contributed by atoms with Crippen LogP contribution in [0.1, 0.15) is 56.9 Å². The summed E-state index contributed by atoms with van der Waals surface area (Å²) in [4.78, 5) is 28.7. The third kappa shape index (κ3) is 4.69. The summed E-state index contributed by atoms with van der Waals surface area (Å²) in [5.41, 5.74) is 3.32. The van der Waals surface area contributed by atoms with Crippen molar-refractivity contribution in [2.45, 2.75) is 32.6 Å². The van der Waals surface area contributed by atoms with Crippen molar-refractivity contribution >= 4 is 23.5 Å². The second kappa shape index (κ2) is 10.1. The lowest BCUT2D eigenvalue weighted by Crippen LogP contribution is -2.19. The molecule has 0 fully saturated rings. The number of Topliss-reactive ketones (excluding diaryl/α,β-unsaturated/α-hetero) is 1. The number of ketones is 1. The molecule has 1 atom stereocenters. The van der Waals surface area contributed by atoms with E-state index in [1.54, 1.807) is 40.0 Å². The summed E-state index contributed by atoms with van der Waals surface area (Å²) in [5.74, 6) is 2.86. The first-order chi connectivity index (χ1) is 14.9. The number of benzene rings is 1. The van der Waals surface area contributed by atoms with Crippen LogP contribution in [-0.4, -0.2) is 56.2 Å². The highest BCUT2D eigenvalue weighted by molar-refractivity contribution is 7.99. The zero-order valence-corrected chi connectivity index (χ0v) is 19.4. The Balaban J connectivity index is 1.87. The summed E-state index contributed by atoms with van der Waals surface area (Å²) in [7, 11) is 4.69. The Bertz CT molecular complexity index is 942. The Hall–Kier alpha value is -2.61. The number of rotatable bonds is 9. The second-order valence-electron chi connectivity index (χ2n) is 7.30. The van der Waals surface area contributed by atoms with Gasteiger partial charge in [-0.05, 0) is 48.3 Å². The summed E-state index contributed by atoms with van der Waals surface area (Å²) in [6.45, 7) is 4.21. The zero-order valence-electron chi connectivity index (χ0n) is 18.6. The van der Waals surface area contributed by atoms with Gasteiger partial charge in [0.2, 0.25) is 5.75 Å². The van der Waals surface area contributed by atoms with E-state index in [9.17, 15) is 9.59 Å². The van der Waals surface area contributed by atoms with E-state index in [0.717, 1.165) is 22.8 Å². The predicted octanol–water partition coefficient (Wildman–Crippen LogP) is 4.17. The predicted molar refractivity (Wildman–Crippen MR) is 120 cm³/mol. The maximum absolute atomic E-state index is 13.0. The van der Waals surface area contributed by atoms with Crippen LogP contribution in [-0.2, 0) is 11.2 Å². The van der Waals surface area contributed by atoms with E-state index in [2.05, 4.69) is 11.9 Å². The highest BCUT2D eigenvalue weighted by atomic mass is 32.2. The normalized spacial score (nSPS) is 15.4. The molecule has 7 nitrogen and oxygen atoms in total. The molecule has 0 spiro atoms. The quantitative estimate of drug-likeness (QED) is 0.456. The van der Waals surface area contributed by atoms with Crippen molar-refractivity contribution in [3.8, 4) is 17.2 Å². The largest absolute Gasteiger partial charge is 0.493 e. The number of thioether (sulfide) groups is 1. The number of ether oxygens (including phenoxy) is 4. The average molecular weight is 448 g/mol. The summed E-state index contributed by atoms with van der Waals surface area (Å²) in [6.07, 6.45) is 0.936. The van der Waals surface area contributed by atoms with E-state index < -0.39 is 5.97 Å². The van der Waals surface area contributed by atoms with Gasteiger partial charge in [0.15, 0.2) is 17.3 Å². The summed E-state index contributed by atoms with van der Waals surface area (Å²) in [5, 5.41) is 0. The number of carbonyl (C=O) groups is 2. The molecule has 1 unspecified atom stereocenters. The molecule has 1 aliphatic carbocycles. The Labute approximate surface area is 186 Å². The molecule has 2 aromatic rings. The van der Waals surface area contributed by atoms with E-state index in [1.165, 1.54) is 0 Å². The smallest absolute Gasteiger partial charge is 0.355 e. The van der Waals surface area contributed by atoms with Crippen LogP contribution in [0.4, 0.5) is 0 Å². The first kappa shape index (κ1) is 23.1. The average Bonchev–Trinajstić information content (AvgIpc) is 3.12. The number of esters is 1. The van der Waals surface area contributed by atoms with Crippen LogP contribution in [0.25, 0.3) is 0 Å². The van der Waals surface area contributed by atoms with Gasteiger partial charge in [-0.25, -0.2) is 4.79 Å². The van der Waals surface area contributed by atoms with Crippen molar-refractivity contribution in [3.63, 3.8) is 0 Å². The number of nitrogens with one attached hydrogen (secondary N) is 1. The minimum Gasteiger partial charge on any atom is -0.493 e. The molecule has 0 aliphatic heterocycles. The summed E-state index contributed by atoms with van der Waals surface area (Å²) in [6, 6.07) is 3.75. The Morgan fingerprint density at radius 2 is 1.81 bits per heavy atom. The molecule has 0 saturated heterocycles. The number of aromatic nitrogens is 1. The fourth-order valence-electron chi connectivity index (χ4n) is 4.02. The van der Waals surface area contributed by atoms with E-state index >= 15 is 0 Å². The standard InChI is InChI=1S/C23H29NO6S/c1-6-31-8-7-30-23(26)21-13(2)20-16(24-21)9-14(10-17(20)25)15-11-18(27-3)22(29-5)19(12-15)28-4/h11-12,14,24H,6-10H2,1-5H3. The highest BCUT2D eigenvalue weighted by Crippen LogP contribution is 2.43. The lowest BCUT2D eigenvalue weighted by Gasteiger charge is -2.24. The number of H-pyrrole nitrogens is 1. The number of aromatic amines is 1. The molecular weight excluding hydrogens is 418 g/mol. The molecule has 3 rings (SSSR count). The number of methoxy groups -OCH3 is 3. The van der Waals surface area contributed by atoms with Crippen LogP contribution in [0.2, 0.25) is 0 Å². The van der Waals surface area contributed by atoms with Gasteiger partial charge in [0, 0.05) is 23.4 Å². The van der Waals surface area contributed by atoms with Gasteiger partial charge in [-0.3, -0.25) is 4.79 Å². The van der Waals surface area contributed by atoms with Gasteiger partial charge >= 0.3 is 5.97 Å². The lowest BCUT2D eigenvalue weighted by atomic mass is 9.81. The highest BCUT2D eigenvalue weighted by Gasteiger charge is 2.33. The second-order valence-corrected chi connectivity index (χ2v) is 8.69. The van der Waals surface area contributed by atoms with E-state index in [-0.39, 0.29) is 11.7 Å². The molecule has 1 N–H and O–H groups in total. The van der Waals surface area contributed by atoms with Crippen molar-refractivity contribution in [3.05, 3.63) is 40.2 Å². The number of hydrogen-bond donors (Lipinski definition) is 1. The molecule has 0 saturated carbocycles. The van der Waals surface area contributed by atoms with Crippen molar-refractivity contribution in [1.29, 1.82) is 0 Å². The third-order valence-electron chi connectivity index (χ3n) is 5.52. The van der Waals surface area contributed by atoms with Gasteiger partial charge in [0.05, 0.1) is 21.3 Å². The summed E-state index contributed by atoms with van der Waals surface area (Å²) >= 11 is 1.71. The first-order valence-corrected chi connectivity index (χ1v) is 11.4. The molecule has 1 heterocycles. The van der Waals surface area contributed by atoms with Gasteiger partial charge in [-0.15, -0.1) is 0 Å². The van der Waals surface area contributed by atoms with Gasteiger partial charge in [0.25, 0.3) is 0 Å². The van der Waals surface area contributed by atoms with Crippen LogP contribution in [0.3, 0.4) is 0 Å². The number of fused-ring (bicyclic) bond motifs is 1. The minimum absolute atomic E-state index is 0.00865. The van der Waals surface area contributed by atoms with Gasteiger partial charge in [-0.1, -0.05) is 6.92 Å². The number of hydrogen-bond acceptors (Lipinski definition) is 7. The lowest BCUT2D eigenvalue weighted by molar-refractivity contribution is 0.0523. The minimum atomic E-state index is -0.416. The van der Waals surface area contributed by atoms with Crippen molar-refractivity contribution in [1.82, 2.24) is 4.98 Å². The molecule has 31 heavy (non-hydrogen) atoms. The molecule has 0 bridgehead atoms. The van der Waals surface area contributed by atoms with Crippen LogP contribution >= 0.6 is 11.8 Å². The fourth-order valence-corrected chi connectivity index (χ4v) is 4.51. The maximum atomic E-state index is 13.0. The van der Waals surface area contributed by atoms with Crippen LogP contribution in [0.15, 0.2) is 12.1 Å². The van der Waals surface area contributed by atoms with Crippen molar-refractivity contribution in [2.75, 3.05) is 39.4 Å². The maximum Gasteiger partial charge on any atom is 0.355 e. The third-order valence-corrected chi connectivity index (χ3v) is 6.38. The van der Waals surface area contributed by atoms with Crippen molar-refractivity contribution in [2.24, 2.45) is 0 Å². The molecule has 1 aliphatic rings. The molecule has 0 amide bonds.